The molecule has 25 nitrogen and oxygen atoms in total. The first kappa shape index (κ1) is 86.9. The molecule has 0 aliphatic carbocycles. The molecule has 590 valence electrons. The molecule has 0 saturated carbocycles. The molecule has 3 amide bonds. The first-order chi connectivity index (χ1) is 53.1. The molecule has 0 fully saturated rings. The Morgan fingerprint density at radius 1 is 0.300 bits per heavy atom. The molecule has 0 aliphatic rings. The Morgan fingerprint density at radius 3 is 0.791 bits per heavy atom. The number of nitrogens with one attached hydrogen (secondary N) is 3. The quantitative estimate of drug-likeness (QED) is 0.0139. The van der Waals surface area contributed by atoms with E-state index in [1.807, 2.05) is 48.5 Å². The molecule has 0 atom stereocenters. The van der Waals surface area contributed by atoms with Gasteiger partial charge in [-0.15, -0.1) is 0 Å². The smallest absolute Gasteiger partial charge is 0.335 e. The minimum absolute atomic E-state index is 0.00519. The number of unbranched alkanes of at least 4 members (excludes halogenated alkanes) is 12. The maximum atomic E-state index is 13.4. The van der Waals surface area contributed by atoms with Crippen LogP contribution in [0.2, 0.25) is 0 Å². The van der Waals surface area contributed by atoms with Crippen LogP contribution in [-0.2, 0) is 6.42 Å². The van der Waals surface area contributed by atoms with Gasteiger partial charge in [0.1, 0.15) is 0 Å². The number of ether oxygens (including phenoxy) is 12. The Kier molecular flexibility index (Phi) is 35.0. The normalized spacial score (nSPS) is 10.5. The van der Waals surface area contributed by atoms with Crippen LogP contribution in [0.4, 0.5) is 11.4 Å². The summed E-state index contributed by atoms with van der Waals surface area (Å²) < 4.78 is 66.0. The van der Waals surface area contributed by atoms with E-state index in [0.717, 1.165) is 56.1 Å². The molecule has 0 saturated heterocycles. The first-order valence-electron chi connectivity index (χ1n) is 36.2. The Morgan fingerprint density at radius 2 is 0.536 bits per heavy atom. The average molecular weight is 1520 g/mol. The second-order valence-electron chi connectivity index (χ2n) is 25.3. The highest BCUT2D eigenvalue weighted by Gasteiger charge is 2.28. The van der Waals surface area contributed by atoms with Gasteiger partial charge in [-0.05, 0) is 127 Å². The molecular weight excluding hydrogens is 1410 g/mol. The Bertz CT molecular complexity index is 4410. The SMILES string of the molecule is CCCCCCCCCCCNC(=O)c1cc(OC)c(OC)c(-c2cc(C(=O)O)cc(OC)c2OC)c1.CCCCCCCNC(=O)c1cc(OC)c(OC)c(-c2cc(C(=O)O)cc(OC)c2OC)c1.COc1cc(C(=O)O)cc(-c2cc(C(=O)Nc3ccc(Cc4ccc(N)cc4)cc3)cc(OC)c2OC)c1OC. The minimum Gasteiger partial charge on any atom is -0.493 e. The zero-order chi connectivity index (χ0) is 80.4. The van der Waals surface area contributed by atoms with Crippen LogP contribution in [0.15, 0.2) is 121 Å². The third-order valence-corrected chi connectivity index (χ3v) is 18.0. The average Bonchev–Trinajstić information content (AvgIpc) is 0.783. The lowest BCUT2D eigenvalue weighted by Gasteiger charge is -2.19. The number of carbonyl (C=O) groups is 6. The Balaban J connectivity index is 0.000000259. The zero-order valence-electron chi connectivity index (χ0n) is 65.3. The summed E-state index contributed by atoms with van der Waals surface area (Å²) in [5.74, 6) is -0.717. The first-order valence-corrected chi connectivity index (χ1v) is 36.2. The van der Waals surface area contributed by atoms with Crippen LogP contribution in [0, 0.1) is 0 Å². The molecule has 8 rings (SSSR count). The number of carbonyl (C=O) groups excluding carboxylic acids is 3. The fraction of sp³-hybridized carbons (Fsp3) is 0.365. The van der Waals surface area contributed by atoms with Crippen molar-refractivity contribution in [1.29, 1.82) is 0 Å². The Hall–Kier alpha value is -12.0. The number of aromatic carboxylic acids is 3. The molecule has 25 heteroatoms. The second kappa shape index (κ2) is 44.3. The summed E-state index contributed by atoms with van der Waals surface area (Å²) in [6, 6.07) is 33.4. The summed E-state index contributed by atoms with van der Waals surface area (Å²) in [6.45, 7) is 5.52. The van der Waals surface area contributed by atoms with Crippen LogP contribution in [0.3, 0.4) is 0 Å². The van der Waals surface area contributed by atoms with Gasteiger partial charge in [0.2, 0.25) is 0 Å². The lowest BCUT2D eigenvalue weighted by atomic mass is 9.97. The van der Waals surface area contributed by atoms with Crippen LogP contribution >= 0.6 is 0 Å². The number of rotatable bonds is 40. The number of benzene rings is 8. The minimum atomic E-state index is -1.15. The van der Waals surface area contributed by atoms with Crippen molar-refractivity contribution >= 4 is 47.0 Å². The number of methoxy groups -OCH3 is 12. The van der Waals surface area contributed by atoms with Crippen molar-refractivity contribution in [3.05, 3.63) is 166 Å². The van der Waals surface area contributed by atoms with E-state index in [4.69, 9.17) is 62.6 Å². The van der Waals surface area contributed by atoms with Gasteiger partial charge in [-0.3, -0.25) is 14.4 Å². The third-order valence-electron chi connectivity index (χ3n) is 18.0. The fourth-order valence-electron chi connectivity index (χ4n) is 12.3. The molecule has 0 heterocycles. The lowest BCUT2D eigenvalue weighted by molar-refractivity contribution is 0.0685. The van der Waals surface area contributed by atoms with Crippen molar-refractivity contribution < 1.29 is 101 Å². The van der Waals surface area contributed by atoms with E-state index < -0.39 is 23.8 Å². The number of nitrogen functional groups attached to an aromatic ring is 1. The number of amides is 3. The van der Waals surface area contributed by atoms with E-state index in [9.17, 15) is 44.1 Å². The molecule has 8 aromatic rings. The third kappa shape index (κ3) is 23.5. The predicted octanol–water partition coefficient (Wildman–Crippen LogP) is 16.6. The zero-order valence-corrected chi connectivity index (χ0v) is 65.3. The summed E-state index contributed by atoms with van der Waals surface area (Å²) in [5.41, 5.74) is 12.7. The largest absolute Gasteiger partial charge is 0.493 e. The number of nitrogens with two attached hydrogens (primary N) is 1. The fourth-order valence-corrected chi connectivity index (χ4v) is 12.3. The standard InChI is InChI=1S/C31H30N2O7.C29H41NO7.C25H33NO7/c1-37-26-16-20(30(34)33-23-11-7-19(8-12-23)13-18-5-9-22(32)10-6-18)14-24(28(26)39-3)25-15-21(31(35)36)17-27(38-2)29(25)40-4;1-6-7-8-9-10-11-12-13-14-15-30-28(31)20-16-22(26(36-4)24(18-20)34-2)23-17-21(29(32)33)19-25(35-3)27(23)37-5;1-6-7-8-9-10-11-26-24(27)16-12-18(22(32-4)20(14-16)30-2)19-13-17(25(28)29)15-21(31-3)23(19)33-5/h5-12,14-17H,13,32H2,1-4H3,(H,33,34)(H,35,36);16-19H,6-15H2,1-5H3,(H,30,31)(H,32,33);12-15H,6-11H2,1-5H3,(H,26,27)(H,28,29). The van der Waals surface area contributed by atoms with Gasteiger partial charge in [-0.1, -0.05) is 115 Å². The summed E-state index contributed by atoms with van der Waals surface area (Å²) in [6.07, 6.45) is 17.1. The number of hydrogen-bond donors (Lipinski definition) is 7. The Labute approximate surface area is 643 Å². The van der Waals surface area contributed by atoms with Crippen molar-refractivity contribution in [2.24, 2.45) is 0 Å². The van der Waals surface area contributed by atoms with Crippen LogP contribution in [0.1, 0.15) is 177 Å². The summed E-state index contributed by atoms with van der Waals surface area (Å²) in [5, 5.41) is 37.7. The summed E-state index contributed by atoms with van der Waals surface area (Å²) in [7, 11) is 17.5. The highest BCUT2D eigenvalue weighted by Crippen LogP contribution is 2.50. The van der Waals surface area contributed by atoms with Crippen LogP contribution in [0.25, 0.3) is 33.4 Å². The highest BCUT2D eigenvalue weighted by atomic mass is 16.5. The van der Waals surface area contributed by atoms with Gasteiger partial charge in [0.15, 0.2) is 69.0 Å². The van der Waals surface area contributed by atoms with Crippen molar-refractivity contribution in [2.75, 3.05) is 109 Å². The molecule has 8 N–H and O–H groups in total. The molecule has 110 heavy (non-hydrogen) atoms. The number of carboxylic acid groups (broad SMARTS) is 3. The van der Waals surface area contributed by atoms with Gasteiger partial charge in [0.05, 0.1) is 102 Å². The molecule has 0 aliphatic heterocycles. The molecular formula is C85H104N4O21. The van der Waals surface area contributed by atoms with Gasteiger partial charge in [0.25, 0.3) is 17.7 Å². The lowest BCUT2D eigenvalue weighted by Crippen LogP contribution is -2.24. The summed E-state index contributed by atoms with van der Waals surface area (Å²) in [4.78, 5) is 74.6. The molecule has 0 aromatic heterocycles. The molecule has 0 bridgehead atoms. The van der Waals surface area contributed by atoms with Crippen molar-refractivity contribution in [3.63, 3.8) is 0 Å². The number of hydrogen-bond acceptors (Lipinski definition) is 19. The van der Waals surface area contributed by atoms with Crippen molar-refractivity contribution in [3.8, 4) is 102 Å². The number of carboxylic acids is 3. The van der Waals surface area contributed by atoms with E-state index in [1.54, 1.807) is 36.4 Å². The number of anilines is 2. The van der Waals surface area contributed by atoms with Gasteiger partial charge >= 0.3 is 17.9 Å². The highest BCUT2D eigenvalue weighted by molar-refractivity contribution is 6.07. The van der Waals surface area contributed by atoms with Crippen LogP contribution in [-0.4, -0.2) is 149 Å². The van der Waals surface area contributed by atoms with E-state index in [0.29, 0.717) is 109 Å². The van der Waals surface area contributed by atoms with E-state index in [-0.39, 0.29) is 62.8 Å². The van der Waals surface area contributed by atoms with Gasteiger partial charge < -0.3 is 93.8 Å². The molecule has 0 unspecified atom stereocenters. The van der Waals surface area contributed by atoms with E-state index >= 15 is 0 Å². The van der Waals surface area contributed by atoms with E-state index in [1.165, 1.54) is 173 Å². The molecule has 0 spiro atoms. The van der Waals surface area contributed by atoms with Gasteiger partial charge in [0, 0.05) is 74.5 Å². The van der Waals surface area contributed by atoms with Crippen molar-refractivity contribution in [2.45, 2.75) is 110 Å². The van der Waals surface area contributed by atoms with Gasteiger partial charge in [-0.2, -0.15) is 0 Å². The van der Waals surface area contributed by atoms with Crippen LogP contribution < -0.4 is 78.5 Å². The predicted molar refractivity (Wildman–Crippen MR) is 424 cm³/mol. The maximum absolute atomic E-state index is 13.4. The molecule has 0 radical (unpaired) electrons. The van der Waals surface area contributed by atoms with Crippen LogP contribution in [0.5, 0.6) is 69.0 Å². The topological polar surface area (TPSA) is 336 Å². The van der Waals surface area contributed by atoms with Gasteiger partial charge in [-0.25, -0.2) is 14.4 Å². The maximum Gasteiger partial charge on any atom is 0.335 e. The summed E-state index contributed by atoms with van der Waals surface area (Å²) >= 11 is 0. The van der Waals surface area contributed by atoms with Crippen molar-refractivity contribution in [1.82, 2.24) is 10.6 Å². The monoisotopic (exact) mass is 1520 g/mol. The molecule has 8 aromatic carbocycles. The van der Waals surface area contributed by atoms with E-state index in [2.05, 4.69) is 29.8 Å². The second-order valence-corrected chi connectivity index (χ2v) is 25.3.